The number of halogens is 1. The molecule has 0 bridgehead atoms. The summed E-state index contributed by atoms with van der Waals surface area (Å²) in [6, 6.07) is 0. The summed E-state index contributed by atoms with van der Waals surface area (Å²) in [4.78, 5) is 8.14. The van der Waals surface area contributed by atoms with E-state index in [1.165, 1.54) is 32.0 Å². The lowest BCUT2D eigenvalue weighted by atomic mass is 10.1. The summed E-state index contributed by atoms with van der Waals surface area (Å²) in [5, 5.41) is 3.39. The highest BCUT2D eigenvalue weighted by atomic mass is 79.9. The predicted octanol–water partition coefficient (Wildman–Crippen LogP) is 2.91. The van der Waals surface area contributed by atoms with Gasteiger partial charge >= 0.3 is 0 Å². The van der Waals surface area contributed by atoms with Crippen LogP contribution in [0.5, 0.6) is 0 Å². The van der Waals surface area contributed by atoms with E-state index in [2.05, 4.69) is 37.5 Å². The average Bonchev–Trinajstić information content (AvgIpc) is 2.81. The first-order valence-corrected chi connectivity index (χ1v) is 7.74. The Morgan fingerprint density at radius 1 is 1.47 bits per heavy atom. The summed E-state index contributed by atoms with van der Waals surface area (Å²) in [6.45, 7) is 0.934. The molecule has 1 aromatic rings. The molecular formula is C11H17BrN4S. The molecule has 1 aliphatic carbocycles. The predicted molar refractivity (Wildman–Crippen MR) is 77.3 cm³/mol. The van der Waals surface area contributed by atoms with Crippen LogP contribution in [0.2, 0.25) is 0 Å². The fraction of sp³-hybridized carbons (Fsp3) is 0.636. The molecule has 0 unspecified atom stereocenters. The number of hydrogen-bond donors (Lipinski definition) is 2. The smallest absolute Gasteiger partial charge is 0.145 e. The molecule has 17 heavy (non-hydrogen) atoms. The standard InChI is InChI=1S/C11H17BrN4S/c1-17-11(4-2-3-5-11)6-14-10-8(12)9(13)15-7-16-10/h7H,2-6H2,1H3,(H3,13,14,15,16). The molecule has 0 saturated heterocycles. The molecule has 1 fully saturated rings. The third-order valence-corrected chi connectivity index (χ3v) is 5.54. The number of nitrogens with two attached hydrogens (primary N) is 1. The highest BCUT2D eigenvalue weighted by Gasteiger charge is 2.32. The van der Waals surface area contributed by atoms with Gasteiger partial charge in [-0.25, -0.2) is 9.97 Å². The van der Waals surface area contributed by atoms with Gasteiger partial charge in [0.25, 0.3) is 0 Å². The van der Waals surface area contributed by atoms with Crippen LogP contribution in [0.3, 0.4) is 0 Å². The van der Waals surface area contributed by atoms with E-state index in [-0.39, 0.29) is 0 Å². The van der Waals surface area contributed by atoms with Gasteiger partial charge in [-0.2, -0.15) is 11.8 Å². The zero-order valence-corrected chi connectivity index (χ0v) is 12.3. The highest BCUT2D eigenvalue weighted by molar-refractivity contribution is 9.10. The third kappa shape index (κ3) is 2.85. The van der Waals surface area contributed by atoms with Crippen molar-refractivity contribution in [2.75, 3.05) is 23.9 Å². The van der Waals surface area contributed by atoms with Crippen molar-refractivity contribution in [3.63, 3.8) is 0 Å². The molecule has 1 heterocycles. The number of thioether (sulfide) groups is 1. The molecule has 0 aromatic carbocycles. The minimum atomic E-state index is 0.360. The second-order valence-corrected chi connectivity index (χ2v) is 6.44. The number of aromatic nitrogens is 2. The first-order chi connectivity index (χ1) is 8.17. The minimum absolute atomic E-state index is 0.360. The molecule has 0 atom stereocenters. The zero-order chi connectivity index (χ0) is 12.3. The summed E-state index contributed by atoms with van der Waals surface area (Å²) in [5.74, 6) is 1.27. The number of hydrogen-bond acceptors (Lipinski definition) is 5. The molecule has 1 saturated carbocycles. The topological polar surface area (TPSA) is 63.8 Å². The maximum atomic E-state index is 5.73. The van der Waals surface area contributed by atoms with Crippen molar-refractivity contribution >= 4 is 39.3 Å². The number of nitrogen functional groups attached to an aromatic ring is 1. The van der Waals surface area contributed by atoms with Crippen LogP contribution in [-0.4, -0.2) is 27.5 Å². The normalized spacial score (nSPS) is 18.2. The van der Waals surface area contributed by atoms with Gasteiger partial charge in [0.1, 0.15) is 22.4 Å². The molecule has 94 valence electrons. The van der Waals surface area contributed by atoms with E-state index in [0.717, 1.165) is 16.8 Å². The quantitative estimate of drug-likeness (QED) is 0.894. The van der Waals surface area contributed by atoms with Crippen LogP contribution < -0.4 is 11.1 Å². The van der Waals surface area contributed by atoms with Crippen LogP contribution >= 0.6 is 27.7 Å². The Bertz CT molecular complexity index is 393. The summed E-state index contributed by atoms with van der Waals surface area (Å²) < 4.78 is 1.12. The van der Waals surface area contributed by atoms with Crippen LogP contribution in [-0.2, 0) is 0 Å². The molecule has 1 aliphatic rings. The Hall–Kier alpha value is -0.490. The van der Waals surface area contributed by atoms with Crippen molar-refractivity contribution in [3.05, 3.63) is 10.8 Å². The molecule has 0 radical (unpaired) electrons. The molecule has 0 aliphatic heterocycles. The second kappa shape index (κ2) is 5.44. The second-order valence-electron chi connectivity index (χ2n) is 4.37. The van der Waals surface area contributed by atoms with Crippen molar-refractivity contribution < 1.29 is 0 Å². The van der Waals surface area contributed by atoms with Crippen LogP contribution in [0.4, 0.5) is 11.6 Å². The van der Waals surface area contributed by atoms with E-state index in [0.29, 0.717) is 10.6 Å². The van der Waals surface area contributed by atoms with E-state index in [1.54, 1.807) is 0 Å². The van der Waals surface area contributed by atoms with Crippen LogP contribution in [0.25, 0.3) is 0 Å². The molecule has 1 aromatic heterocycles. The van der Waals surface area contributed by atoms with Crippen molar-refractivity contribution in [1.29, 1.82) is 0 Å². The SMILES string of the molecule is CSC1(CNc2ncnc(N)c2Br)CCCC1. The van der Waals surface area contributed by atoms with E-state index in [1.807, 2.05) is 11.8 Å². The monoisotopic (exact) mass is 316 g/mol. The summed E-state index contributed by atoms with van der Waals surface area (Å²) in [5.41, 5.74) is 5.73. The largest absolute Gasteiger partial charge is 0.383 e. The van der Waals surface area contributed by atoms with Gasteiger partial charge in [0.2, 0.25) is 0 Å². The number of nitrogens with zero attached hydrogens (tertiary/aromatic N) is 2. The molecule has 0 spiro atoms. The first kappa shape index (κ1) is 13.0. The van der Waals surface area contributed by atoms with Crippen molar-refractivity contribution in [2.24, 2.45) is 0 Å². The maximum absolute atomic E-state index is 5.73. The van der Waals surface area contributed by atoms with Crippen molar-refractivity contribution in [3.8, 4) is 0 Å². The molecule has 2 rings (SSSR count). The molecule has 4 nitrogen and oxygen atoms in total. The van der Waals surface area contributed by atoms with Gasteiger partial charge in [-0.3, -0.25) is 0 Å². The Morgan fingerprint density at radius 3 is 2.82 bits per heavy atom. The Kier molecular flexibility index (Phi) is 4.14. The van der Waals surface area contributed by atoms with Gasteiger partial charge in [0.15, 0.2) is 0 Å². The summed E-state index contributed by atoms with van der Waals surface area (Å²) in [6.07, 6.45) is 8.89. The van der Waals surface area contributed by atoms with Gasteiger partial charge in [-0.15, -0.1) is 0 Å². The lowest BCUT2D eigenvalue weighted by molar-refractivity contribution is 0.638. The molecule has 0 amide bonds. The average molecular weight is 317 g/mol. The Balaban J connectivity index is 2.04. The Morgan fingerprint density at radius 2 is 2.18 bits per heavy atom. The molecular weight excluding hydrogens is 300 g/mol. The fourth-order valence-corrected chi connectivity index (χ4v) is 3.48. The molecule has 6 heteroatoms. The zero-order valence-electron chi connectivity index (χ0n) is 9.87. The maximum Gasteiger partial charge on any atom is 0.145 e. The Labute approximate surface area is 114 Å². The molecule has 3 N–H and O–H groups in total. The van der Waals surface area contributed by atoms with Gasteiger partial charge in [-0.05, 0) is 35.0 Å². The van der Waals surface area contributed by atoms with Gasteiger partial charge in [0.05, 0.1) is 0 Å². The van der Waals surface area contributed by atoms with Gasteiger partial charge < -0.3 is 11.1 Å². The summed E-state index contributed by atoms with van der Waals surface area (Å²) >= 11 is 5.37. The lowest BCUT2D eigenvalue weighted by Gasteiger charge is -2.27. The highest BCUT2D eigenvalue weighted by Crippen LogP contribution is 2.40. The van der Waals surface area contributed by atoms with Crippen molar-refractivity contribution in [2.45, 2.75) is 30.4 Å². The number of anilines is 2. The van der Waals surface area contributed by atoms with Gasteiger partial charge in [0, 0.05) is 11.3 Å². The van der Waals surface area contributed by atoms with Crippen LogP contribution in [0.1, 0.15) is 25.7 Å². The van der Waals surface area contributed by atoms with E-state index in [4.69, 9.17) is 5.73 Å². The van der Waals surface area contributed by atoms with Crippen LogP contribution in [0.15, 0.2) is 10.8 Å². The number of nitrogens with one attached hydrogen (secondary N) is 1. The lowest BCUT2D eigenvalue weighted by Crippen LogP contribution is -2.30. The van der Waals surface area contributed by atoms with Crippen molar-refractivity contribution in [1.82, 2.24) is 9.97 Å². The minimum Gasteiger partial charge on any atom is -0.383 e. The third-order valence-electron chi connectivity index (χ3n) is 3.34. The summed E-state index contributed by atoms with van der Waals surface area (Å²) in [7, 11) is 0. The number of rotatable bonds is 4. The fourth-order valence-electron chi connectivity index (χ4n) is 2.22. The van der Waals surface area contributed by atoms with Gasteiger partial charge in [-0.1, -0.05) is 12.8 Å². The first-order valence-electron chi connectivity index (χ1n) is 5.72. The van der Waals surface area contributed by atoms with Crippen LogP contribution in [0, 0.1) is 0 Å². The van der Waals surface area contributed by atoms with E-state index >= 15 is 0 Å². The van der Waals surface area contributed by atoms with E-state index in [9.17, 15) is 0 Å². The van der Waals surface area contributed by atoms with E-state index < -0.39 is 0 Å².